The van der Waals surface area contributed by atoms with Crippen LogP contribution >= 0.6 is 0 Å². The van der Waals surface area contributed by atoms with Crippen LogP contribution in [0.4, 0.5) is 17.6 Å². The van der Waals surface area contributed by atoms with Gasteiger partial charge in [-0.15, -0.1) is 0 Å². The third-order valence-corrected chi connectivity index (χ3v) is 4.54. The van der Waals surface area contributed by atoms with Crippen molar-refractivity contribution >= 4 is 5.91 Å². The second-order valence-electron chi connectivity index (χ2n) is 6.43. The van der Waals surface area contributed by atoms with Crippen molar-refractivity contribution in [2.45, 2.75) is 25.6 Å². The number of amides is 1. The summed E-state index contributed by atoms with van der Waals surface area (Å²) in [4.78, 5) is 14.2. The fourth-order valence-electron chi connectivity index (χ4n) is 3.11. The van der Waals surface area contributed by atoms with Crippen LogP contribution in [0.25, 0.3) is 0 Å². The van der Waals surface area contributed by atoms with Crippen LogP contribution in [0.3, 0.4) is 0 Å². The molecule has 0 atom stereocenters. The van der Waals surface area contributed by atoms with E-state index in [1.54, 1.807) is 4.90 Å². The standard InChI is InChI=1S/C20H19F4NO4/c1-27-17-4-2-12(10-18(17)29-20(23)24)19(26)25-8-6-14(7-9-25)28-16-5-3-13(21)11-15(16)22/h2-5,10-11,14,20H,6-9H2,1H3. The quantitative estimate of drug-likeness (QED) is 0.664. The van der Waals surface area contributed by atoms with Crippen LogP contribution in [-0.4, -0.2) is 43.7 Å². The average molecular weight is 413 g/mol. The van der Waals surface area contributed by atoms with Crippen molar-refractivity contribution < 1.29 is 36.6 Å². The zero-order valence-corrected chi connectivity index (χ0v) is 15.5. The lowest BCUT2D eigenvalue weighted by Crippen LogP contribution is -2.41. The second kappa shape index (κ2) is 9.02. The molecule has 3 rings (SSSR count). The van der Waals surface area contributed by atoms with E-state index in [1.165, 1.54) is 31.4 Å². The zero-order valence-electron chi connectivity index (χ0n) is 15.5. The summed E-state index contributed by atoms with van der Waals surface area (Å²) in [6.45, 7) is -2.37. The molecular weight excluding hydrogens is 394 g/mol. The molecule has 1 saturated heterocycles. The SMILES string of the molecule is COc1ccc(C(=O)N2CCC(Oc3ccc(F)cc3F)CC2)cc1OC(F)F. The van der Waals surface area contributed by atoms with Crippen LogP contribution in [0.5, 0.6) is 17.2 Å². The molecule has 9 heteroatoms. The van der Waals surface area contributed by atoms with Gasteiger partial charge in [-0.1, -0.05) is 0 Å². The normalized spacial score (nSPS) is 14.8. The number of methoxy groups -OCH3 is 1. The molecule has 1 aliphatic heterocycles. The van der Waals surface area contributed by atoms with Gasteiger partial charge in [-0.05, 0) is 30.3 Å². The molecule has 1 heterocycles. The number of rotatable bonds is 6. The molecule has 1 fully saturated rings. The van der Waals surface area contributed by atoms with Gasteiger partial charge in [0.15, 0.2) is 23.1 Å². The van der Waals surface area contributed by atoms with E-state index >= 15 is 0 Å². The van der Waals surface area contributed by atoms with Gasteiger partial charge in [-0.2, -0.15) is 8.78 Å². The molecule has 0 saturated carbocycles. The summed E-state index contributed by atoms with van der Waals surface area (Å²) < 4.78 is 66.8. The smallest absolute Gasteiger partial charge is 0.387 e. The first kappa shape index (κ1) is 20.8. The Morgan fingerprint density at radius 2 is 1.72 bits per heavy atom. The first-order valence-electron chi connectivity index (χ1n) is 8.91. The van der Waals surface area contributed by atoms with Gasteiger partial charge in [-0.3, -0.25) is 4.79 Å². The number of likely N-dealkylation sites (tertiary alicyclic amines) is 1. The Balaban J connectivity index is 1.62. The van der Waals surface area contributed by atoms with Crippen molar-refractivity contribution in [2.24, 2.45) is 0 Å². The van der Waals surface area contributed by atoms with E-state index in [0.717, 1.165) is 12.1 Å². The van der Waals surface area contributed by atoms with Crippen molar-refractivity contribution in [3.8, 4) is 17.2 Å². The van der Waals surface area contributed by atoms with Gasteiger partial charge in [0, 0.05) is 37.6 Å². The van der Waals surface area contributed by atoms with Crippen molar-refractivity contribution in [1.82, 2.24) is 4.90 Å². The molecule has 5 nitrogen and oxygen atoms in total. The molecule has 29 heavy (non-hydrogen) atoms. The van der Waals surface area contributed by atoms with Crippen LogP contribution in [0.15, 0.2) is 36.4 Å². The van der Waals surface area contributed by atoms with E-state index in [4.69, 9.17) is 9.47 Å². The largest absolute Gasteiger partial charge is 0.493 e. The fraction of sp³-hybridized carbons (Fsp3) is 0.350. The highest BCUT2D eigenvalue weighted by atomic mass is 19.3. The van der Waals surface area contributed by atoms with Crippen molar-refractivity contribution in [3.63, 3.8) is 0 Å². The van der Waals surface area contributed by atoms with Crippen LogP contribution in [0, 0.1) is 11.6 Å². The monoisotopic (exact) mass is 413 g/mol. The molecule has 156 valence electrons. The van der Waals surface area contributed by atoms with Gasteiger partial charge in [0.2, 0.25) is 0 Å². The number of piperidine rings is 1. The molecule has 0 aromatic heterocycles. The summed E-state index contributed by atoms with van der Waals surface area (Å²) in [6, 6.07) is 7.15. The number of benzene rings is 2. The van der Waals surface area contributed by atoms with Crippen LogP contribution in [0.2, 0.25) is 0 Å². The number of hydrogen-bond acceptors (Lipinski definition) is 4. The first-order valence-corrected chi connectivity index (χ1v) is 8.91. The predicted molar refractivity (Wildman–Crippen MR) is 95.5 cm³/mol. The topological polar surface area (TPSA) is 48.0 Å². The summed E-state index contributed by atoms with van der Waals surface area (Å²) in [6.07, 6.45) is 0.561. The number of ether oxygens (including phenoxy) is 3. The number of alkyl halides is 2. The molecule has 0 spiro atoms. The maximum Gasteiger partial charge on any atom is 0.387 e. The molecule has 0 aliphatic carbocycles. The maximum absolute atomic E-state index is 13.7. The summed E-state index contributed by atoms with van der Waals surface area (Å²) >= 11 is 0. The number of carbonyl (C=O) groups is 1. The zero-order chi connectivity index (χ0) is 21.0. The summed E-state index contributed by atoms with van der Waals surface area (Å²) in [7, 11) is 1.31. The molecule has 2 aromatic rings. The van der Waals surface area contributed by atoms with Crippen LogP contribution in [-0.2, 0) is 0 Å². The molecule has 2 aromatic carbocycles. The van der Waals surface area contributed by atoms with E-state index in [-0.39, 0.29) is 34.8 Å². The summed E-state index contributed by atoms with van der Waals surface area (Å²) in [5, 5.41) is 0. The van der Waals surface area contributed by atoms with E-state index in [0.29, 0.717) is 25.9 Å². The Bertz CT molecular complexity index is 870. The van der Waals surface area contributed by atoms with Gasteiger partial charge in [0.05, 0.1) is 7.11 Å². The summed E-state index contributed by atoms with van der Waals surface area (Å²) in [5.74, 6) is -2.00. The molecule has 1 amide bonds. The highest BCUT2D eigenvalue weighted by molar-refractivity contribution is 5.95. The van der Waals surface area contributed by atoms with Gasteiger partial charge >= 0.3 is 6.61 Å². The van der Waals surface area contributed by atoms with E-state index < -0.39 is 18.2 Å². The van der Waals surface area contributed by atoms with Crippen LogP contribution in [0.1, 0.15) is 23.2 Å². The third kappa shape index (κ3) is 5.10. The summed E-state index contributed by atoms with van der Waals surface area (Å²) in [5.41, 5.74) is 0.186. The Morgan fingerprint density at radius 3 is 2.34 bits per heavy atom. The fourth-order valence-corrected chi connectivity index (χ4v) is 3.11. The average Bonchev–Trinajstić information content (AvgIpc) is 2.69. The highest BCUT2D eigenvalue weighted by Crippen LogP contribution is 2.30. The minimum absolute atomic E-state index is 0.0416. The van der Waals surface area contributed by atoms with Crippen molar-refractivity contribution in [2.75, 3.05) is 20.2 Å². The Morgan fingerprint density at radius 1 is 1.03 bits per heavy atom. The molecular formula is C20H19F4NO4. The maximum atomic E-state index is 13.7. The van der Waals surface area contributed by atoms with Gasteiger partial charge in [0.1, 0.15) is 11.9 Å². The van der Waals surface area contributed by atoms with Crippen LogP contribution < -0.4 is 14.2 Å². The predicted octanol–water partition coefficient (Wildman–Crippen LogP) is 4.26. The molecule has 1 aliphatic rings. The molecule has 0 N–H and O–H groups in total. The highest BCUT2D eigenvalue weighted by Gasteiger charge is 2.26. The Kier molecular flexibility index (Phi) is 6.46. The minimum Gasteiger partial charge on any atom is -0.493 e. The second-order valence-corrected chi connectivity index (χ2v) is 6.43. The molecule has 0 bridgehead atoms. The lowest BCUT2D eigenvalue weighted by Gasteiger charge is -2.32. The van der Waals surface area contributed by atoms with Crippen molar-refractivity contribution in [3.05, 3.63) is 53.6 Å². The molecule has 0 radical (unpaired) electrons. The Hall–Kier alpha value is -2.97. The number of carbonyl (C=O) groups excluding carboxylic acids is 1. The third-order valence-electron chi connectivity index (χ3n) is 4.54. The number of nitrogens with zero attached hydrogens (tertiary/aromatic N) is 1. The van der Waals surface area contributed by atoms with Gasteiger partial charge in [0.25, 0.3) is 5.91 Å². The van der Waals surface area contributed by atoms with E-state index in [1.807, 2.05) is 0 Å². The first-order chi connectivity index (χ1) is 13.9. The Labute approximate surface area is 164 Å². The molecule has 0 unspecified atom stereocenters. The van der Waals surface area contributed by atoms with E-state index in [2.05, 4.69) is 4.74 Å². The lowest BCUT2D eigenvalue weighted by atomic mass is 10.1. The van der Waals surface area contributed by atoms with Gasteiger partial charge < -0.3 is 19.1 Å². The number of halogens is 4. The van der Waals surface area contributed by atoms with E-state index in [9.17, 15) is 22.4 Å². The van der Waals surface area contributed by atoms with Crippen molar-refractivity contribution in [1.29, 1.82) is 0 Å². The minimum atomic E-state index is -3.05. The van der Waals surface area contributed by atoms with Gasteiger partial charge in [-0.25, -0.2) is 8.78 Å². The lowest BCUT2D eigenvalue weighted by molar-refractivity contribution is -0.0512. The number of hydrogen-bond donors (Lipinski definition) is 0.